The first-order valence-corrected chi connectivity index (χ1v) is 12.3. The molecule has 2 N–H and O–H groups in total. The lowest BCUT2D eigenvalue weighted by molar-refractivity contribution is 0.0989. The number of hydrogen-bond donors (Lipinski definition) is 2. The van der Waals surface area contributed by atoms with Crippen LogP contribution in [0.15, 0.2) is 27.6 Å². The molecule has 1 amide bonds. The van der Waals surface area contributed by atoms with Gasteiger partial charge in [-0.15, -0.1) is 11.3 Å². The van der Waals surface area contributed by atoms with Crippen molar-refractivity contribution < 1.29 is 22.5 Å². The number of nitrogens with zero attached hydrogens (tertiary/aromatic N) is 1. The summed E-state index contributed by atoms with van der Waals surface area (Å²) in [5.74, 6) is -0.996. The second-order valence-electron chi connectivity index (χ2n) is 7.30. The van der Waals surface area contributed by atoms with Crippen LogP contribution in [0.25, 0.3) is 0 Å². The molecule has 11 heteroatoms. The molecule has 0 aliphatic rings. The number of anilines is 2. The number of carbonyl (C=O) groups excluding carboxylic acids is 2. The van der Waals surface area contributed by atoms with Gasteiger partial charge in [0.2, 0.25) is 0 Å². The molecule has 3 aromatic rings. The number of aromatic nitrogens is 1. The Kier molecular flexibility index (Phi) is 6.77. The summed E-state index contributed by atoms with van der Waals surface area (Å²) >= 11 is 7.04. The van der Waals surface area contributed by atoms with Crippen molar-refractivity contribution in [2.75, 3.05) is 10.0 Å². The van der Waals surface area contributed by atoms with E-state index in [0.717, 1.165) is 16.9 Å². The number of ketones is 1. The average molecular weight is 496 g/mol. The Labute approximate surface area is 195 Å². The third-order valence-electron chi connectivity index (χ3n) is 4.67. The Morgan fingerprint density at radius 3 is 2.44 bits per heavy atom. The monoisotopic (exact) mass is 495 g/mol. The van der Waals surface area contributed by atoms with E-state index in [0.29, 0.717) is 27.4 Å². The molecule has 0 saturated carbocycles. The highest BCUT2D eigenvalue weighted by molar-refractivity contribution is 7.93. The number of nitrogens with one attached hydrogen (secondary N) is 2. The first-order valence-electron chi connectivity index (χ1n) is 9.65. The minimum atomic E-state index is -4.20. The van der Waals surface area contributed by atoms with Gasteiger partial charge in [0.15, 0.2) is 5.78 Å². The highest BCUT2D eigenvalue weighted by Crippen LogP contribution is 2.32. The van der Waals surface area contributed by atoms with Gasteiger partial charge in [0, 0.05) is 16.9 Å². The molecule has 3 rings (SSSR count). The Balaban J connectivity index is 2.00. The Hall–Kier alpha value is -2.69. The first kappa shape index (κ1) is 24.0. The summed E-state index contributed by atoms with van der Waals surface area (Å²) in [6.07, 6.45) is 0.269. The van der Waals surface area contributed by atoms with Gasteiger partial charge in [-0.2, -0.15) is 0 Å². The number of carbonyl (C=O) groups is 2. The number of rotatable bonds is 7. The van der Waals surface area contributed by atoms with Gasteiger partial charge < -0.3 is 9.84 Å². The number of Topliss-reactive ketones (excluding diaryl/α,β-unsaturated/α-hetero) is 1. The molecule has 0 radical (unpaired) electrons. The molecule has 0 saturated heterocycles. The topological polar surface area (TPSA) is 118 Å². The van der Waals surface area contributed by atoms with E-state index < -0.39 is 15.9 Å². The molecule has 32 heavy (non-hydrogen) atoms. The first-order chi connectivity index (χ1) is 14.9. The zero-order valence-electron chi connectivity index (χ0n) is 18.1. The van der Waals surface area contributed by atoms with E-state index in [4.69, 9.17) is 16.1 Å². The maximum Gasteiger partial charge on any atom is 0.267 e. The fraction of sp³-hybridized carbons (Fsp3) is 0.286. The van der Waals surface area contributed by atoms with Crippen LogP contribution in [-0.4, -0.2) is 25.3 Å². The van der Waals surface area contributed by atoms with E-state index in [1.807, 2.05) is 13.0 Å². The molecule has 0 bridgehead atoms. The summed E-state index contributed by atoms with van der Waals surface area (Å²) in [6, 6.07) is 4.94. The van der Waals surface area contributed by atoms with Crippen molar-refractivity contribution in [1.82, 2.24) is 5.16 Å². The van der Waals surface area contributed by atoms with E-state index in [1.165, 1.54) is 6.07 Å². The van der Waals surface area contributed by atoms with Crippen LogP contribution in [0, 0.1) is 27.7 Å². The molecule has 0 fully saturated rings. The Morgan fingerprint density at radius 2 is 1.84 bits per heavy atom. The molecule has 0 atom stereocenters. The quantitative estimate of drug-likeness (QED) is 0.431. The van der Waals surface area contributed by atoms with Gasteiger partial charge >= 0.3 is 0 Å². The van der Waals surface area contributed by atoms with Crippen molar-refractivity contribution >= 4 is 56.2 Å². The highest BCUT2D eigenvalue weighted by atomic mass is 35.5. The number of halogens is 1. The summed E-state index contributed by atoms with van der Waals surface area (Å²) in [7, 11) is -4.20. The summed E-state index contributed by atoms with van der Waals surface area (Å²) in [5.41, 5.74) is 2.67. The third-order valence-corrected chi connectivity index (χ3v) is 7.65. The molecule has 170 valence electrons. The summed E-state index contributed by atoms with van der Waals surface area (Å²) in [4.78, 5) is 25.9. The minimum Gasteiger partial charge on any atom is -0.336 e. The van der Waals surface area contributed by atoms with Crippen molar-refractivity contribution in [1.29, 1.82) is 0 Å². The molecule has 0 aliphatic carbocycles. The van der Waals surface area contributed by atoms with Crippen LogP contribution in [0.5, 0.6) is 0 Å². The molecule has 2 heterocycles. The van der Waals surface area contributed by atoms with Crippen LogP contribution >= 0.6 is 22.9 Å². The van der Waals surface area contributed by atoms with Gasteiger partial charge in [0.1, 0.15) is 20.5 Å². The van der Waals surface area contributed by atoms with Crippen LogP contribution in [0.4, 0.5) is 11.6 Å². The molecule has 2 aromatic heterocycles. The van der Waals surface area contributed by atoms with E-state index in [9.17, 15) is 18.0 Å². The lowest BCUT2D eigenvalue weighted by Crippen LogP contribution is -2.20. The smallest absolute Gasteiger partial charge is 0.267 e. The number of aryl methyl sites for hydroxylation is 4. The van der Waals surface area contributed by atoms with Crippen LogP contribution < -0.4 is 10.0 Å². The molecule has 0 aliphatic heterocycles. The predicted molar refractivity (Wildman–Crippen MR) is 125 cm³/mol. The average Bonchev–Trinajstić information content (AvgIpc) is 3.27. The van der Waals surface area contributed by atoms with Crippen molar-refractivity contribution in [3.63, 3.8) is 0 Å². The van der Waals surface area contributed by atoms with Crippen LogP contribution in [0.2, 0.25) is 5.02 Å². The Morgan fingerprint density at radius 1 is 1.16 bits per heavy atom. The minimum absolute atomic E-state index is 0.0303. The SMILES string of the molecule is CCC(=O)c1cc(C)cc(C)c1NC(=O)c1sc(C)cc1S(=O)(=O)Nc1onc(C)c1Cl. The lowest BCUT2D eigenvalue weighted by atomic mass is 9.99. The highest BCUT2D eigenvalue weighted by Gasteiger charge is 2.29. The van der Waals surface area contributed by atoms with Crippen molar-refractivity contribution in [3.05, 3.63) is 55.4 Å². The van der Waals surface area contributed by atoms with Gasteiger partial charge in [-0.25, -0.2) is 13.1 Å². The zero-order valence-corrected chi connectivity index (χ0v) is 20.5. The second-order valence-corrected chi connectivity index (χ2v) is 10.6. The fourth-order valence-corrected chi connectivity index (χ4v) is 5.83. The maximum absolute atomic E-state index is 13.2. The van der Waals surface area contributed by atoms with Crippen LogP contribution in [0.1, 0.15) is 55.1 Å². The molecule has 8 nitrogen and oxygen atoms in total. The largest absolute Gasteiger partial charge is 0.336 e. The molecular formula is C21H22ClN3O5S2. The van der Waals surface area contributed by atoms with Gasteiger partial charge in [-0.1, -0.05) is 29.7 Å². The summed E-state index contributed by atoms with van der Waals surface area (Å²) < 4.78 is 33.2. The summed E-state index contributed by atoms with van der Waals surface area (Å²) in [5, 5.41) is 6.39. The van der Waals surface area contributed by atoms with Gasteiger partial charge in [-0.05, 0) is 51.0 Å². The Bertz CT molecular complexity index is 1330. The van der Waals surface area contributed by atoms with Gasteiger partial charge in [0.25, 0.3) is 21.8 Å². The predicted octanol–water partition coefficient (Wildman–Crippen LogP) is 5.27. The number of hydrogen-bond acceptors (Lipinski definition) is 7. The number of benzene rings is 1. The normalized spacial score (nSPS) is 11.4. The maximum atomic E-state index is 13.2. The lowest BCUT2D eigenvalue weighted by Gasteiger charge is -2.14. The number of thiophene rings is 1. The van der Waals surface area contributed by atoms with E-state index in [2.05, 4.69) is 15.2 Å². The third kappa shape index (κ3) is 4.72. The number of sulfonamides is 1. The van der Waals surface area contributed by atoms with E-state index >= 15 is 0 Å². The number of amides is 1. The van der Waals surface area contributed by atoms with E-state index in [-0.39, 0.29) is 32.9 Å². The van der Waals surface area contributed by atoms with Gasteiger partial charge in [-0.3, -0.25) is 9.59 Å². The van der Waals surface area contributed by atoms with Crippen molar-refractivity contribution in [2.24, 2.45) is 0 Å². The molecule has 0 unspecified atom stereocenters. The van der Waals surface area contributed by atoms with Crippen LogP contribution in [-0.2, 0) is 10.0 Å². The molecule has 0 spiro atoms. The molecular weight excluding hydrogens is 474 g/mol. The molecule has 1 aromatic carbocycles. The van der Waals surface area contributed by atoms with Crippen molar-refractivity contribution in [3.8, 4) is 0 Å². The van der Waals surface area contributed by atoms with Gasteiger partial charge in [0.05, 0.1) is 5.69 Å². The summed E-state index contributed by atoms with van der Waals surface area (Å²) in [6.45, 7) is 8.63. The van der Waals surface area contributed by atoms with Crippen LogP contribution in [0.3, 0.4) is 0 Å². The second kappa shape index (κ2) is 9.05. The fourth-order valence-electron chi connectivity index (χ4n) is 3.16. The zero-order chi connectivity index (χ0) is 23.8. The van der Waals surface area contributed by atoms with Crippen molar-refractivity contribution in [2.45, 2.75) is 45.9 Å². The van der Waals surface area contributed by atoms with E-state index in [1.54, 1.807) is 33.8 Å². The standard InChI is InChI=1S/C21H22ClN3O5S2/c1-6-15(26)14-8-10(2)7-11(3)18(14)23-20(27)19-16(9-12(4)31-19)32(28,29)25-21-17(22)13(5)24-30-21/h7-9,25H,6H2,1-5H3,(H,23,27).